The number of carbonyl (C=O) groups is 2. The van der Waals surface area contributed by atoms with Crippen LogP contribution in [-0.4, -0.2) is 11.9 Å². The van der Waals surface area contributed by atoms with Gasteiger partial charge < -0.3 is 9.47 Å². The van der Waals surface area contributed by atoms with Crippen molar-refractivity contribution in [3.05, 3.63) is 70.8 Å². The quantitative estimate of drug-likeness (QED) is 0.630. The van der Waals surface area contributed by atoms with Gasteiger partial charge in [0.2, 0.25) is 0 Å². The van der Waals surface area contributed by atoms with Gasteiger partial charge in [-0.1, -0.05) is 36.1 Å². The fourth-order valence-corrected chi connectivity index (χ4v) is 2.05. The van der Waals surface area contributed by atoms with Crippen LogP contribution >= 0.6 is 0 Å². The van der Waals surface area contributed by atoms with Gasteiger partial charge in [0.15, 0.2) is 0 Å². The highest BCUT2D eigenvalue weighted by Gasteiger charge is 1.98. The van der Waals surface area contributed by atoms with Crippen LogP contribution in [0.15, 0.2) is 48.5 Å². The molecule has 0 fully saturated rings. The van der Waals surface area contributed by atoms with E-state index >= 15 is 0 Å². The molecule has 0 unspecified atom stereocenters. The van der Waals surface area contributed by atoms with E-state index in [0.29, 0.717) is 0 Å². The van der Waals surface area contributed by atoms with Gasteiger partial charge in [-0.25, -0.2) is 0 Å². The maximum atomic E-state index is 10.9. The molecule has 0 aliphatic carbocycles. The Hall–Kier alpha value is -3.50. The molecular formula is C22H18O4. The van der Waals surface area contributed by atoms with Crippen LogP contribution in [0.5, 0.6) is 0 Å². The van der Waals surface area contributed by atoms with Crippen LogP contribution in [0.25, 0.3) is 0 Å². The summed E-state index contributed by atoms with van der Waals surface area (Å²) in [4.78, 5) is 21.7. The van der Waals surface area contributed by atoms with E-state index in [-0.39, 0.29) is 25.2 Å². The summed E-state index contributed by atoms with van der Waals surface area (Å²) in [5, 5.41) is 0. The molecule has 0 aliphatic rings. The molecule has 4 nitrogen and oxygen atoms in total. The summed E-state index contributed by atoms with van der Waals surface area (Å²) in [6, 6.07) is 14.9. The number of benzene rings is 2. The second-order valence-corrected chi connectivity index (χ2v) is 5.46. The molecule has 0 amide bonds. The Labute approximate surface area is 153 Å². The highest BCUT2D eigenvalue weighted by Crippen LogP contribution is 2.07. The van der Waals surface area contributed by atoms with Gasteiger partial charge in [-0.15, -0.1) is 0 Å². The maximum absolute atomic E-state index is 10.9. The summed E-state index contributed by atoms with van der Waals surface area (Å²) in [5.74, 6) is 10.9. The van der Waals surface area contributed by atoms with Gasteiger partial charge >= 0.3 is 11.9 Å². The zero-order valence-electron chi connectivity index (χ0n) is 14.7. The first-order valence-electron chi connectivity index (χ1n) is 7.99. The molecule has 26 heavy (non-hydrogen) atoms. The minimum Gasteiger partial charge on any atom is -0.461 e. The van der Waals surface area contributed by atoms with Crippen LogP contribution in [0.1, 0.15) is 36.1 Å². The lowest BCUT2D eigenvalue weighted by molar-refractivity contribution is -0.143. The van der Waals surface area contributed by atoms with Gasteiger partial charge in [-0.2, -0.15) is 0 Å². The van der Waals surface area contributed by atoms with Crippen LogP contribution in [0.3, 0.4) is 0 Å². The number of carbonyl (C=O) groups excluding carboxylic acids is 2. The van der Waals surface area contributed by atoms with E-state index in [1.807, 2.05) is 48.5 Å². The number of hydrogen-bond donors (Lipinski definition) is 0. The zero-order valence-corrected chi connectivity index (χ0v) is 14.7. The molecule has 2 aromatic rings. The third-order valence-electron chi connectivity index (χ3n) is 3.21. The molecule has 0 saturated carbocycles. The molecule has 2 aromatic carbocycles. The van der Waals surface area contributed by atoms with E-state index in [1.54, 1.807) is 0 Å². The zero-order chi connectivity index (χ0) is 18.8. The van der Waals surface area contributed by atoms with Crippen LogP contribution in [0, 0.1) is 23.7 Å². The molecule has 2 rings (SSSR count). The SMILES string of the molecule is CC(=O)OCc1cccc(C#CC#Cc2cccc(COC(C)=O)c2)c1. The first-order chi connectivity index (χ1) is 12.5. The average molecular weight is 346 g/mol. The van der Waals surface area contributed by atoms with Gasteiger partial charge in [-0.3, -0.25) is 9.59 Å². The molecule has 130 valence electrons. The molecule has 4 heteroatoms. The third kappa shape index (κ3) is 6.95. The van der Waals surface area contributed by atoms with Gasteiger partial charge in [0, 0.05) is 25.0 Å². The lowest BCUT2D eigenvalue weighted by Gasteiger charge is -2.02. The standard InChI is InChI=1S/C22H18O4/c1-17(23)25-15-21-11-5-9-19(13-21)7-3-4-8-20-10-6-12-22(14-20)16-26-18(2)24/h5-6,9-14H,15-16H2,1-2H3. The Morgan fingerprint density at radius 1 is 0.769 bits per heavy atom. The molecule has 0 radical (unpaired) electrons. The number of hydrogen-bond acceptors (Lipinski definition) is 4. The van der Waals surface area contributed by atoms with Crippen molar-refractivity contribution in [3.63, 3.8) is 0 Å². The van der Waals surface area contributed by atoms with E-state index in [2.05, 4.69) is 23.7 Å². The van der Waals surface area contributed by atoms with Crippen LogP contribution in [-0.2, 0) is 32.3 Å². The molecule has 0 spiro atoms. The Kier molecular flexibility index (Phi) is 7.04. The normalized spacial score (nSPS) is 9.15. The average Bonchev–Trinajstić information content (AvgIpc) is 2.63. The smallest absolute Gasteiger partial charge is 0.302 e. The molecule has 0 atom stereocenters. The minimum atomic E-state index is -0.316. The van der Waals surface area contributed by atoms with Gasteiger partial charge in [-0.05, 0) is 47.2 Å². The van der Waals surface area contributed by atoms with E-state index in [4.69, 9.17) is 9.47 Å². The van der Waals surface area contributed by atoms with Crippen molar-refractivity contribution < 1.29 is 19.1 Å². The molecule has 0 N–H and O–H groups in total. The van der Waals surface area contributed by atoms with Gasteiger partial charge in [0.05, 0.1) is 0 Å². The molecular weight excluding hydrogens is 328 g/mol. The minimum absolute atomic E-state index is 0.228. The molecule has 0 aromatic heterocycles. The van der Waals surface area contributed by atoms with Gasteiger partial charge in [0.1, 0.15) is 13.2 Å². The van der Waals surface area contributed by atoms with Crippen molar-refractivity contribution in [2.45, 2.75) is 27.1 Å². The summed E-state index contributed by atoms with van der Waals surface area (Å²) < 4.78 is 9.93. The van der Waals surface area contributed by atoms with Crippen LogP contribution in [0.4, 0.5) is 0 Å². The summed E-state index contributed by atoms with van der Waals surface area (Å²) >= 11 is 0. The Bertz CT molecular complexity index is 843. The molecule has 0 saturated heterocycles. The van der Waals surface area contributed by atoms with Gasteiger partial charge in [0.25, 0.3) is 0 Å². The molecule has 0 aliphatic heterocycles. The van der Waals surface area contributed by atoms with Crippen molar-refractivity contribution in [3.8, 4) is 23.7 Å². The first-order valence-corrected chi connectivity index (χ1v) is 7.99. The highest BCUT2D eigenvalue weighted by atomic mass is 16.5. The second kappa shape index (κ2) is 9.71. The van der Waals surface area contributed by atoms with Crippen LogP contribution in [0.2, 0.25) is 0 Å². The fourth-order valence-electron chi connectivity index (χ4n) is 2.05. The Morgan fingerprint density at radius 2 is 1.19 bits per heavy atom. The summed E-state index contributed by atoms with van der Waals surface area (Å²) in [6.07, 6.45) is 0. The number of rotatable bonds is 4. The Balaban J connectivity index is 2.02. The number of esters is 2. The lowest BCUT2D eigenvalue weighted by atomic mass is 10.1. The largest absolute Gasteiger partial charge is 0.461 e. The maximum Gasteiger partial charge on any atom is 0.302 e. The van der Waals surface area contributed by atoms with Crippen molar-refractivity contribution >= 4 is 11.9 Å². The van der Waals surface area contributed by atoms with E-state index in [0.717, 1.165) is 22.3 Å². The predicted octanol–water partition coefficient (Wildman–Crippen LogP) is 3.22. The van der Waals surface area contributed by atoms with Crippen LogP contribution < -0.4 is 0 Å². The summed E-state index contributed by atoms with van der Waals surface area (Å²) in [7, 11) is 0. The summed E-state index contributed by atoms with van der Waals surface area (Å²) in [6.45, 7) is 3.21. The fraction of sp³-hybridized carbons (Fsp3) is 0.182. The summed E-state index contributed by atoms with van der Waals surface area (Å²) in [5.41, 5.74) is 3.34. The van der Waals surface area contributed by atoms with Crippen molar-refractivity contribution in [1.82, 2.24) is 0 Å². The van der Waals surface area contributed by atoms with Crippen molar-refractivity contribution in [2.24, 2.45) is 0 Å². The highest BCUT2D eigenvalue weighted by molar-refractivity contribution is 5.66. The van der Waals surface area contributed by atoms with E-state index in [1.165, 1.54) is 13.8 Å². The second-order valence-electron chi connectivity index (χ2n) is 5.46. The Morgan fingerprint density at radius 3 is 1.58 bits per heavy atom. The third-order valence-corrected chi connectivity index (χ3v) is 3.21. The van der Waals surface area contributed by atoms with Crippen molar-refractivity contribution in [1.29, 1.82) is 0 Å². The lowest BCUT2D eigenvalue weighted by Crippen LogP contribution is -1.98. The van der Waals surface area contributed by atoms with Crippen molar-refractivity contribution in [2.75, 3.05) is 0 Å². The monoisotopic (exact) mass is 346 g/mol. The number of ether oxygens (including phenoxy) is 2. The van der Waals surface area contributed by atoms with E-state index < -0.39 is 0 Å². The predicted molar refractivity (Wildman–Crippen MR) is 97.6 cm³/mol. The topological polar surface area (TPSA) is 52.6 Å². The first kappa shape index (κ1) is 18.8. The van der Waals surface area contributed by atoms with E-state index in [9.17, 15) is 9.59 Å². The molecule has 0 heterocycles. The molecule has 0 bridgehead atoms.